The molecule has 20 heavy (non-hydrogen) atoms. The Morgan fingerprint density at radius 1 is 1.30 bits per heavy atom. The zero-order valence-electron chi connectivity index (χ0n) is 12.1. The van der Waals surface area contributed by atoms with E-state index in [0.717, 1.165) is 24.2 Å². The molecule has 1 aliphatic carbocycles. The fraction of sp³-hybridized carbons (Fsp3) is 0.562. The monoisotopic (exact) mass is 275 g/mol. The second kappa shape index (κ2) is 5.17. The Morgan fingerprint density at radius 2 is 2.05 bits per heavy atom. The number of hydrogen-bond donors (Lipinski definition) is 1. The van der Waals surface area contributed by atoms with E-state index < -0.39 is 0 Å². The van der Waals surface area contributed by atoms with E-state index in [2.05, 4.69) is 23.4 Å². The standard InChI is InChI=1S/C16H22FN3/c1-10(2)20-14-9-5-7-12(17)15(14)19-16(20)11-6-3-4-8-13(11)18/h5,7,9-11,13H,3-4,6,8,18H2,1-2H3. The van der Waals surface area contributed by atoms with Crippen molar-refractivity contribution < 1.29 is 4.39 Å². The third-order valence-corrected chi connectivity index (χ3v) is 4.37. The summed E-state index contributed by atoms with van der Waals surface area (Å²) in [7, 11) is 0. The third kappa shape index (κ3) is 2.12. The van der Waals surface area contributed by atoms with Crippen LogP contribution in [0.3, 0.4) is 0 Å². The van der Waals surface area contributed by atoms with Crippen LogP contribution < -0.4 is 5.73 Å². The van der Waals surface area contributed by atoms with Crippen molar-refractivity contribution in [2.75, 3.05) is 0 Å². The number of halogens is 1. The van der Waals surface area contributed by atoms with Gasteiger partial charge >= 0.3 is 0 Å². The highest BCUT2D eigenvalue weighted by atomic mass is 19.1. The van der Waals surface area contributed by atoms with Crippen LogP contribution in [0.4, 0.5) is 4.39 Å². The summed E-state index contributed by atoms with van der Waals surface area (Å²) in [6.45, 7) is 4.23. The Bertz CT molecular complexity index is 617. The quantitative estimate of drug-likeness (QED) is 0.907. The molecule has 2 atom stereocenters. The Morgan fingerprint density at radius 3 is 2.75 bits per heavy atom. The number of benzene rings is 1. The molecule has 3 nitrogen and oxygen atoms in total. The van der Waals surface area contributed by atoms with Crippen molar-refractivity contribution in [1.82, 2.24) is 9.55 Å². The van der Waals surface area contributed by atoms with Crippen LogP contribution in [0, 0.1) is 5.82 Å². The number of rotatable bonds is 2. The van der Waals surface area contributed by atoms with Crippen molar-refractivity contribution >= 4 is 11.0 Å². The molecule has 1 aromatic carbocycles. The van der Waals surface area contributed by atoms with Crippen LogP contribution in [0.25, 0.3) is 11.0 Å². The van der Waals surface area contributed by atoms with Gasteiger partial charge in [0.15, 0.2) is 5.82 Å². The SMILES string of the molecule is CC(C)n1c(C2CCCCC2N)nc2c(F)cccc21. The summed E-state index contributed by atoms with van der Waals surface area (Å²) in [5.41, 5.74) is 7.66. The van der Waals surface area contributed by atoms with Crippen LogP contribution in [0.2, 0.25) is 0 Å². The summed E-state index contributed by atoms with van der Waals surface area (Å²) in [4.78, 5) is 4.62. The lowest BCUT2D eigenvalue weighted by atomic mass is 9.84. The topological polar surface area (TPSA) is 43.8 Å². The molecule has 1 aromatic heterocycles. The molecular formula is C16H22FN3. The molecule has 1 fully saturated rings. The van der Waals surface area contributed by atoms with E-state index in [1.54, 1.807) is 6.07 Å². The zero-order valence-corrected chi connectivity index (χ0v) is 12.1. The highest BCUT2D eigenvalue weighted by Gasteiger charge is 2.29. The van der Waals surface area contributed by atoms with Gasteiger partial charge in [0, 0.05) is 18.0 Å². The Balaban J connectivity index is 2.18. The Kier molecular flexibility index (Phi) is 3.50. The molecule has 2 N–H and O–H groups in total. The first-order chi connectivity index (χ1) is 9.59. The minimum atomic E-state index is -0.243. The summed E-state index contributed by atoms with van der Waals surface area (Å²) in [6.07, 6.45) is 4.46. The van der Waals surface area contributed by atoms with Crippen molar-refractivity contribution in [2.45, 2.75) is 57.5 Å². The molecule has 0 bridgehead atoms. The summed E-state index contributed by atoms with van der Waals surface area (Å²) in [5, 5.41) is 0. The van der Waals surface area contributed by atoms with Crippen LogP contribution in [-0.2, 0) is 0 Å². The maximum atomic E-state index is 14.0. The summed E-state index contributed by atoms with van der Waals surface area (Å²) >= 11 is 0. The van der Waals surface area contributed by atoms with Crippen LogP contribution >= 0.6 is 0 Å². The van der Waals surface area contributed by atoms with E-state index in [9.17, 15) is 4.39 Å². The number of fused-ring (bicyclic) bond motifs is 1. The van der Waals surface area contributed by atoms with Crippen molar-refractivity contribution in [3.05, 3.63) is 29.8 Å². The van der Waals surface area contributed by atoms with E-state index in [1.807, 2.05) is 6.07 Å². The van der Waals surface area contributed by atoms with Crippen molar-refractivity contribution in [3.63, 3.8) is 0 Å². The number of hydrogen-bond acceptors (Lipinski definition) is 2. The molecule has 0 saturated heterocycles. The van der Waals surface area contributed by atoms with Gasteiger partial charge in [-0.1, -0.05) is 18.9 Å². The van der Waals surface area contributed by atoms with E-state index in [4.69, 9.17) is 5.73 Å². The molecule has 1 saturated carbocycles. The average molecular weight is 275 g/mol. The van der Waals surface area contributed by atoms with E-state index >= 15 is 0 Å². The van der Waals surface area contributed by atoms with Gasteiger partial charge in [-0.2, -0.15) is 0 Å². The van der Waals surface area contributed by atoms with Crippen LogP contribution in [0.15, 0.2) is 18.2 Å². The molecule has 0 aliphatic heterocycles. The average Bonchev–Trinajstić information content (AvgIpc) is 2.80. The molecular weight excluding hydrogens is 253 g/mol. The molecule has 2 unspecified atom stereocenters. The molecule has 108 valence electrons. The van der Waals surface area contributed by atoms with E-state index in [1.165, 1.54) is 18.9 Å². The van der Waals surface area contributed by atoms with Gasteiger partial charge in [0.25, 0.3) is 0 Å². The van der Waals surface area contributed by atoms with Gasteiger partial charge in [-0.05, 0) is 38.8 Å². The van der Waals surface area contributed by atoms with E-state index in [-0.39, 0.29) is 23.8 Å². The zero-order chi connectivity index (χ0) is 14.3. The minimum Gasteiger partial charge on any atom is -0.327 e. The van der Waals surface area contributed by atoms with Gasteiger partial charge in [0.2, 0.25) is 0 Å². The molecule has 4 heteroatoms. The first-order valence-electron chi connectivity index (χ1n) is 7.51. The van der Waals surface area contributed by atoms with E-state index in [0.29, 0.717) is 5.52 Å². The molecule has 3 rings (SSSR count). The van der Waals surface area contributed by atoms with Crippen molar-refractivity contribution in [1.29, 1.82) is 0 Å². The Hall–Kier alpha value is -1.42. The highest BCUT2D eigenvalue weighted by molar-refractivity contribution is 5.77. The number of imidazole rings is 1. The number of nitrogens with zero attached hydrogens (tertiary/aromatic N) is 2. The van der Waals surface area contributed by atoms with Gasteiger partial charge < -0.3 is 10.3 Å². The second-order valence-electron chi connectivity index (χ2n) is 6.10. The van der Waals surface area contributed by atoms with Crippen molar-refractivity contribution in [2.24, 2.45) is 5.73 Å². The fourth-order valence-corrected chi connectivity index (χ4v) is 3.39. The maximum absolute atomic E-state index is 14.0. The van der Waals surface area contributed by atoms with Gasteiger partial charge in [-0.15, -0.1) is 0 Å². The molecule has 1 aliphatic rings. The summed E-state index contributed by atoms with van der Waals surface area (Å²) < 4.78 is 16.2. The minimum absolute atomic E-state index is 0.140. The largest absolute Gasteiger partial charge is 0.327 e. The van der Waals surface area contributed by atoms with Crippen LogP contribution in [0.1, 0.15) is 57.3 Å². The molecule has 0 amide bonds. The maximum Gasteiger partial charge on any atom is 0.151 e. The number of aromatic nitrogens is 2. The fourth-order valence-electron chi connectivity index (χ4n) is 3.39. The lowest BCUT2D eigenvalue weighted by molar-refractivity contribution is 0.360. The summed E-state index contributed by atoms with van der Waals surface area (Å²) in [6, 6.07) is 5.57. The predicted molar refractivity (Wildman–Crippen MR) is 79.3 cm³/mol. The molecule has 0 spiro atoms. The van der Waals surface area contributed by atoms with Gasteiger partial charge in [-0.3, -0.25) is 0 Å². The number of para-hydroxylation sites is 1. The molecule has 0 radical (unpaired) electrons. The van der Waals surface area contributed by atoms with Crippen LogP contribution in [-0.4, -0.2) is 15.6 Å². The molecule has 1 heterocycles. The lowest BCUT2D eigenvalue weighted by Crippen LogP contribution is -2.33. The Labute approximate surface area is 119 Å². The van der Waals surface area contributed by atoms with Gasteiger partial charge in [0.05, 0.1) is 5.52 Å². The van der Waals surface area contributed by atoms with Gasteiger partial charge in [-0.25, -0.2) is 9.37 Å². The predicted octanol–water partition coefficient (Wildman–Crippen LogP) is 3.74. The lowest BCUT2D eigenvalue weighted by Gasteiger charge is -2.29. The first-order valence-corrected chi connectivity index (χ1v) is 7.51. The second-order valence-corrected chi connectivity index (χ2v) is 6.10. The third-order valence-electron chi connectivity index (χ3n) is 4.37. The van der Waals surface area contributed by atoms with Crippen molar-refractivity contribution in [3.8, 4) is 0 Å². The smallest absolute Gasteiger partial charge is 0.151 e. The first kappa shape index (κ1) is 13.6. The number of nitrogens with two attached hydrogens (primary N) is 1. The van der Waals surface area contributed by atoms with Crippen LogP contribution in [0.5, 0.6) is 0 Å². The highest BCUT2D eigenvalue weighted by Crippen LogP contribution is 2.35. The van der Waals surface area contributed by atoms with Gasteiger partial charge in [0.1, 0.15) is 11.3 Å². The molecule has 2 aromatic rings. The summed E-state index contributed by atoms with van der Waals surface area (Å²) in [5.74, 6) is 0.970. The normalized spacial score (nSPS) is 23.6.